The molecule has 3 N–H and O–H groups in total. The van der Waals surface area contributed by atoms with Crippen molar-refractivity contribution in [2.24, 2.45) is 7.05 Å². The zero-order chi connectivity index (χ0) is 16.4. The van der Waals surface area contributed by atoms with Crippen LogP contribution in [0.3, 0.4) is 0 Å². The molecule has 0 radical (unpaired) electrons. The van der Waals surface area contributed by atoms with Crippen molar-refractivity contribution in [3.63, 3.8) is 0 Å². The Hall–Kier alpha value is -2.89. The zero-order valence-corrected chi connectivity index (χ0v) is 13.0. The Bertz CT molecular complexity index is 881. The number of aryl methyl sites for hydroxylation is 1. The second-order valence-corrected chi connectivity index (χ2v) is 4.72. The molecule has 9 nitrogen and oxygen atoms in total. The molecule has 10 heteroatoms. The van der Waals surface area contributed by atoms with Crippen molar-refractivity contribution < 1.29 is 35.0 Å². The summed E-state index contributed by atoms with van der Waals surface area (Å²) in [6, 6.07) is 4.97. The van der Waals surface area contributed by atoms with E-state index in [1.54, 1.807) is 31.6 Å². The van der Waals surface area contributed by atoms with Crippen LogP contribution in [-0.4, -0.2) is 41.9 Å². The van der Waals surface area contributed by atoms with Crippen LogP contribution in [0, 0.1) is 0 Å². The van der Waals surface area contributed by atoms with Gasteiger partial charge in [-0.3, -0.25) is 14.6 Å². The number of aromatic nitrogens is 5. The molecule has 0 aliphatic rings. The van der Waals surface area contributed by atoms with Crippen molar-refractivity contribution in [1.82, 2.24) is 25.0 Å². The number of carboxylic acids is 1. The number of carbonyl (C=O) groups is 2. The van der Waals surface area contributed by atoms with Crippen LogP contribution in [0.15, 0.2) is 36.8 Å². The number of hydrogen-bond acceptors (Lipinski definition) is 5. The van der Waals surface area contributed by atoms with Gasteiger partial charge in [-0.05, 0) is 12.1 Å². The van der Waals surface area contributed by atoms with Crippen LogP contribution in [0.1, 0.15) is 22.4 Å². The molecule has 3 heterocycles. The van der Waals surface area contributed by atoms with Crippen LogP contribution >= 0.6 is 0 Å². The third-order valence-electron chi connectivity index (χ3n) is 3.06. The number of nitrogens with zero attached hydrogens (tertiary/aromatic N) is 4. The molecule has 0 aliphatic heterocycles. The maximum Gasteiger partial charge on any atom is 1.00 e. The molecule has 0 aromatic carbocycles. The third kappa shape index (κ3) is 3.53. The Balaban J connectivity index is 0.00000156. The summed E-state index contributed by atoms with van der Waals surface area (Å²) in [5.41, 5.74) is 1.36. The van der Waals surface area contributed by atoms with E-state index in [-0.39, 0.29) is 37.4 Å². The monoisotopic (exact) mass is 320 g/mol. The van der Waals surface area contributed by atoms with Crippen LogP contribution in [0.4, 0.5) is 5.69 Å². The predicted molar refractivity (Wildman–Crippen MR) is 81.1 cm³/mol. The number of rotatable bonds is 4. The minimum Gasteiger partial charge on any atom is -1.00 e. The Kier molecular flexibility index (Phi) is 5.18. The molecule has 3 aromatic heterocycles. The topological polar surface area (TPSA) is 126 Å². The van der Waals surface area contributed by atoms with E-state index in [4.69, 9.17) is 5.11 Å². The van der Waals surface area contributed by atoms with Crippen molar-refractivity contribution in [3.8, 4) is 11.3 Å². The van der Waals surface area contributed by atoms with E-state index < -0.39 is 11.9 Å². The van der Waals surface area contributed by atoms with Crippen LogP contribution < -0.4 is 24.2 Å². The SMILES string of the molecule is Cn1cc(NC(=O)c2cccc(-c3cn[nH]c3)n2)c(C(=O)O)n1.[H-].[Li+]. The van der Waals surface area contributed by atoms with Gasteiger partial charge in [0.2, 0.25) is 0 Å². The first kappa shape index (κ1) is 17.5. The summed E-state index contributed by atoms with van der Waals surface area (Å²) in [4.78, 5) is 27.6. The number of hydrogen-bond donors (Lipinski definition) is 3. The van der Waals surface area contributed by atoms with Gasteiger partial charge in [-0.1, -0.05) is 6.07 Å². The number of carboxylic acid groups (broad SMARTS) is 1. The normalized spacial score (nSPS) is 10.0. The number of pyridine rings is 1. The van der Waals surface area contributed by atoms with E-state index in [2.05, 4.69) is 25.6 Å². The first-order valence-corrected chi connectivity index (χ1v) is 6.59. The minimum absolute atomic E-state index is 0. The van der Waals surface area contributed by atoms with Gasteiger partial charge < -0.3 is 11.8 Å². The molecule has 0 saturated carbocycles. The van der Waals surface area contributed by atoms with Gasteiger partial charge in [-0.15, -0.1) is 0 Å². The van der Waals surface area contributed by atoms with Gasteiger partial charge in [0.1, 0.15) is 5.69 Å². The molecule has 0 unspecified atom stereocenters. The van der Waals surface area contributed by atoms with Gasteiger partial charge in [0.15, 0.2) is 5.69 Å². The summed E-state index contributed by atoms with van der Waals surface area (Å²) in [5.74, 6) is -1.74. The van der Waals surface area contributed by atoms with Crippen molar-refractivity contribution in [2.45, 2.75) is 0 Å². The van der Waals surface area contributed by atoms with Gasteiger partial charge in [0.25, 0.3) is 5.91 Å². The second-order valence-electron chi connectivity index (χ2n) is 4.72. The van der Waals surface area contributed by atoms with Gasteiger partial charge in [0, 0.05) is 25.0 Å². The second kappa shape index (κ2) is 7.12. The van der Waals surface area contributed by atoms with Gasteiger partial charge >= 0.3 is 24.8 Å². The van der Waals surface area contributed by atoms with Crippen LogP contribution in [0.2, 0.25) is 0 Å². The number of anilines is 1. The molecule has 3 rings (SSSR count). The Morgan fingerprint density at radius 1 is 1.38 bits per heavy atom. The Labute approximate surface area is 149 Å². The van der Waals surface area contributed by atoms with Crippen LogP contribution in [0.5, 0.6) is 0 Å². The van der Waals surface area contributed by atoms with E-state index in [9.17, 15) is 9.59 Å². The molecule has 1 amide bonds. The van der Waals surface area contributed by atoms with Crippen molar-refractivity contribution >= 4 is 17.6 Å². The Morgan fingerprint density at radius 3 is 2.83 bits per heavy atom. The Morgan fingerprint density at radius 2 is 2.17 bits per heavy atom. The first-order chi connectivity index (χ1) is 11.0. The average Bonchev–Trinajstić information content (AvgIpc) is 3.17. The number of carbonyl (C=O) groups excluding carboxylic acids is 1. The predicted octanol–water partition coefficient (Wildman–Crippen LogP) is -1.73. The van der Waals surface area contributed by atoms with Crippen molar-refractivity contribution in [3.05, 3.63) is 48.2 Å². The van der Waals surface area contributed by atoms with E-state index in [0.717, 1.165) is 5.56 Å². The maximum absolute atomic E-state index is 12.3. The number of nitrogens with one attached hydrogen (secondary N) is 2. The maximum atomic E-state index is 12.3. The number of aromatic carboxylic acids is 1. The number of aromatic amines is 1. The number of H-pyrrole nitrogens is 1. The van der Waals surface area contributed by atoms with Crippen molar-refractivity contribution in [2.75, 3.05) is 5.32 Å². The molecule has 0 aliphatic carbocycles. The molecular weight excluding hydrogens is 307 g/mol. The summed E-state index contributed by atoms with van der Waals surface area (Å²) < 4.78 is 1.31. The summed E-state index contributed by atoms with van der Waals surface area (Å²) in [6.45, 7) is 0. The molecule has 0 spiro atoms. The van der Waals surface area contributed by atoms with Gasteiger partial charge in [-0.25, -0.2) is 9.78 Å². The fourth-order valence-electron chi connectivity index (χ4n) is 2.04. The summed E-state index contributed by atoms with van der Waals surface area (Å²) in [5, 5.41) is 21.9. The molecule has 24 heavy (non-hydrogen) atoms. The fraction of sp³-hybridized carbons (Fsp3) is 0.0714. The zero-order valence-electron chi connectivity index (χ0n) is 14.0. The quantitative estimate of drug-likeness (QED) is 0.491. The molecule has 3 aromatic rings. The van der Waals surface area contributed by atoms with E-state index in [1.807, 2.05) is 0 Å². The average molecular weight is 320 g/mol. The van der Waals surface area contributed by atoms with Crippen LogP contribution in [0.25, 0.3) is 11.3 Å². The van der Waals surface area contributed by atoms with E-state index >= 15 is 0 Å². The molecular formula is C14H13LiN6O3. The smallest absolute Gasteiger partial charge is 1.00 e. The largest absolute Gasteiger partial charge is 1.00 e. The molecule has 0 atom stereocenters. The third-order valence-corrected chi connectivity index (χ3v) is 3.06. The number of amides is 1. The van der Waals surface area contributed by atoms with E-state index in [0.29, 0.717) is 5.69 Å². The molecule has 0 bridgehead atoms. The summed E-state index contributed by atoms with van der Waals surface area (Å²) in [7, 11) is 1.57. The molecule has 0 fully saturated rings. The standard InChI is InChI=1S/C14H12N6O3.Li.H/c1-20-7-11(12(19-20)14(22)23)18-13(21)10-4-2-3-9(17-10)8-5-15-16-6-8;;/h2-7H,1H3,(H,15,16)(H,18,21)(H,22,23);;/q;+1;-1. The van der Waals surface area contributed by atoms with Crippen molar-refractivity contribution in [1.29, 1.82) is 0 Å². The first-order valence-electron chi connectivity index (χ1n) is 6.59. The van der Waals surface area contributed by atoms with Crippen LogP contribution in [-0.2, 0) is 7.05 Å². The molecule has 118 valence electrons. The minimum atomic E-state index is -1.22. The van der Waals surface area contributed by atoms with Gasteiger partial charge in [-0.2, -0.15) is 10.2 Å². The summed E-state index contributed by atoms with van der Waals surface area (Å²) >= 11 is 0. The van der Waals surface area contributed by atoms with Gasteiger partial charge in [0.05, 0.1) is 17.6 Å². The van der Waals surface area contributed by atoms with E-state index in [1.165, 1.54) is 16.9 Å². The summed E-state index contributed by atoms with van der Waals surface area (Å²) in [6.07, 6.45) is 4.67. The molecule has 0 saturated heterocycles. The fourth-order valence-corrected chi connectivity index (χ4v) is 2.04.